The molecule has 0 amide bonds. The second kappa shape index (κ2) is 4.56. The van der Waals surface area contributed by atoms with E-state index in [1.54, 1.807) is 0 Å². The van der Waals surface area contributed by atoms with Crippen LogP contribution >= 0.6 is 31.1 Å². The largest absolute Gasteiger partial charge is 0.417 e. The van der Waals surface area contributed by atoms with Crippen LogP contribution in [-0.4, -0.2) is 33.9 Å². The quantitative estimate of drug-likeness (QED) is 0.235. The molecule has 10 atom stereocenters. The molecule has 6 bridgehead atoms. The van der Waals surface area contributed by atoms with Crippen LogP contribution in [0, 0.1) is 35.0 Å². The van der Waals surface area contributed by atoms with E-state index in [2.05, 4.69) is 0 Å². The Morgan fingerprint density at radius 3 is 1.85 bits per heavy atom. The van der Waals surface area contributed by atoms with E-state index in [0.717, 1.165) is 0 Å². The highest BCUT2D eigenvalue weighted by atomic mass is 35.5. The molecule has 6 rings (SSSR count). The molecule has 0 aromatic carbocycles. The summed E-state index contributed by atoms with van der Waals surface area (Å²) in [5, 5.41) is -2.80. The van der Waals surface area contributed by atoms with Crippen LogP contribution in [0.5, 0.6) is 0 Å². The molecule has 3 heterocycles. The topological polar surface area (TPSA) is 0 Å². The van der Waals surface area contributed by atoms with Crippen molar-refractivity contribution in [1.82, 2.24) is 0 Å². The van der Waals surface area contributed by atoms with Crippen LogP contribution in [0.3, 0.4) is 0 Å². The molecule has 0 aromatic rings. The molecule has 0 nitrogen and oxygen atoms in total. The van der Waals surface area contributed by atoms with Gasteiger partial charge in [-0.3, -0.25) is 0 Å². The average Bonchev–Trinajstić information content (AvgIpc) is 2.95. The highest BCUT2D eigenvalue weighted by molar-refractivity contribution is 7.66. The number of hydrogen-bond acceptors (Lipinski definition) is 0. The maximum Gasteiger partial charge on any atom is 0.417 e. The van der Waals surface area contributed by atoms with E-state index in [-0.39, 0.29) is 29.0 Å². The van der Waals surface area contributed by atoms with Crippen LogP contribution in [-0.2, 0) is 0 Å². The predicted octanol–water partition coefficient (Wildman–Crippen LogP) is 6.36. The summed E-state index contributed by atoms with van der Waals surface area (Å²) in [6, 6.07) is 0. The van der Waals surface area contributed by atoms with Gasteiger partial charge in [0.2, 0.25) is 0 Å². The molecule has 0 radical (unpaired) electrons. The van der Waals surface area contributed by atoms with E-state index >= 15 is 0 Å². The molecule has 3 aliphatic heterocycles. The molecule has 3 aliphatic carbocycles. The van der Waals surface area contributed by atoms with E-state index in [1.165, 1.54) is 0 Å². The summed E-state index contributed by atoms with van der Waals surface area (Å²) < 4.78 is 82.9. The fourth-order valence-electron chi connectivity index (χ4n) is 7.31. The number of rotatable bonds is 0. The minimum atomic E-state index is -4.95. The molecular weight excluding hydrogens is 420 g/mol. The van der Waals surface area contributed by atoms with Crippen molar-refractivity contribution in [2.24, 2.45) is 35.0 Å². The standard InChI is InChI=1S/C17H17Cl2F6P/c1-14(2,3)15-7-4-5(11(19)10(4)18)12-6(8(7)15)9(16(20,21)22)13(26(12)15)17(23,24)25/h4-8,10-12H,1-3H3. The van der Waals surface area contributed by atoms with Gasteiger partial charge < -0.3 is 0 Å². The Bertz CT molecular complexity index is 737. The van der Waals surface area contributed by atoms with Crippen molar-refractivity contribution in [2.75, 3.05) is 0 Å². The van der Waals surface area contributed by atoms with Crippen molar-refractivity contribution in [2.45, 2.75) is 54.7 Å². The minimum absolute atomic E-state index is 0.0366. The Hall–Kier alpha value is 0.330. The Kier molecular flexibility index (Phi) is 3.22. The van der Waals surface area contributed by atoms with Gasteiger partial charge in [-0.15, -0.1) is 23.2 Å². The van der Waals surface area contributed by atoms with Crippen molar-refractivity contribution in [3.63, 3.8) is 0 Å². The number of allylic oxidation sites excluding steroid dienone is 2. The zero-order valence-corrected chi connectivity index (χ0v) is 16.5. The maximum absolute atomic E-state index is 13.9. The van der Waals surface area contributed by atoms with Crippen LogP contribution in [0.4, 0.5) is 26.3 Å². The van der Waals surface area contributed by atoms with Crippen molar-refractivity contribution < 1.29 is 26.3 Å². The lowest BCUT2D eigenvalue weighted by molar-refractivity contribution is -0.117. The van der Waals surface area contributed by atoms with Crippen LogP contribution in [0.25, 0.3) is 0 Å². The normalized spacial score (nSPS) is 54.3. The molecular formula is C17H17Cl2F6P. The first kappa shape index (κ1) is 18.4. The molecule has 0 N–H and O–H groups in total. The first-order valence-electron chi connectivity index (χ1n) is 8.64. The van der Waals surface area contributed by atoms with Gasteiger partial charge >= 0.3 is 12.4 Å². The second-order valence-electron chi connectivity index (χ2n) is 9.31. The molecule has 3 saturated carbocycles. The Morgan fingerprint density at radius 1 is 0.846 bits per heavy atom. The van der Waals surface area contributed by atoms with Crippen LogP contribution in [0.1, 0.15) is 20.8 Å². The molecule has 6 aliphatic rings. The Labute approximate surface area is 158 Å². The first-order valence-corrected chi connectivity index (χ1v) is 10.9. The van der Waals surface area contributed by atoms with E-state index in [4.69, 9.17) is 23.2 Å². The summed E-state index contributed by atoms with van der Waals surface area (Å²) in [7, 11) is -1.97. The Balaban J connectivity index is 1.74. The van der Waals surface area contributed by atoms with Gasteiger partial charge in [0, 0.05) is 16.6 Å². The van der Waals surface area contributed by atoms with Crippen LogP contribution in [0.15, 0.2) is 10.9 Å². The molecule has 146 valence electrons. The fourth-order valence-corrected chi connectivity index (χ4v) is 13.7. The fraction of sp³-hybridized carbons (Fsp3) is 0.882. The van der Waals surface area contributed by atoms with Crippen molar-refractivity contribution >= 4 is 31.1 Å². The number of halogens is 8. The molecule has 10 unspecified atom stereocenters. The van der Waals surface area contributed by atoms with Gasteiger partial charge in [0.25, 0.3) is 0 Å². The van der Waals surface area contributed by atoms with Gasteiger partial charge in [-0.2, -0.15) is 26.3 Å². The molecule has 2 saturated heterocycles. The monoisotopic (exact) mass is 436 g/mol. The zero-order chi connectivity index (χ0) is 19.4. The molecule has 9 heteroatoms. The summed E-state index contributed by atoms with van der Waals surface area (Å²) in [5.74, 6) is -1.89. The lowest BCUT2D eigenvalue weighted by Crippen LogP contribution is -2.61. The van der Waals surface area contributed by atoms with Crippen LogP contribution in [0.2, 0.25) is 0 Å². The van der Waals surface area contributed by atoms with Crippen molar-refractivity contribution in [1.29, 1.82) is 0 Å². The maximum atomic E-state index is 13.9. The third kappa shape index (κ3) is 1.66. The van der Waals surface area contributed by atoms with Gasteiger partial charge in [-0.05, 0) is 34.7 Å². The highest BCUT2D eigenvalue weighted by Crippen LogP contribution is 3.01. The lowest BCUT2D eigenvalue weighted by atomic mass is 9.60. The molecule has 0 aromatic heterocycles. The van der Waals surface area contributed by atoms with Gasteiger partial charge in [0.15, 0.2) is 0 Å². The minimum Gasteiger partial charge on any atom is -0.166 e. The summed E-state index contributed by atoms with van der Waals surface area (Å²) >= 11 is 12.7. The van der Waals surface area contributed by atoms with E-state index in [9.17, 15) is 26.3 Å². The van der Waals surface area contributed by atoms with Gasteiger partial charge in [0.1, 0.15) is 0 Å². The van der Waals surface area contributed by atoms with E-state index in [1.807, 2.05) is 20.8 Å². The zero-order valence-electron chi connectivity index (χ0n) is 14.1. The number of hydrogen-bond donors (Lipinski definition) is 0. The third-order valence-corrected chi connectivity index (χ3v) is 13.2. The van der Waals surface area contributed by atoms with Crippen molar-refractivity contribution in [3.8, 4) is 0 Å². The second-order valence-corrected chi connectivity index (χ2v) is 12.8. The lowest BCUT2D eigenvalue weighted by Gasteiger charge is -2.59. The van der Waals surface area contributed by atoms with Gasteiger partial charge in [-0.25, -0.2) is 0 Å². The van der Waals surface area contributed by atoms with Crippen LogP contribution < -0.4 is 0 Å². The summed E-state index contributed by atoms with van der Waals surface area (Å²) in [5.41, 5.74) is -2.39. The Morgan fingerprint density at radius 2 is 1.38 bits per heavy atom. The SMILES string of the molecule is CC(C)(C)C12C3C4C(C(F)(F)F)=C(C(F)(F)F)P1C4C1C(Cl)C(Cl)C1C32. The van der Waals surface area contributed by atoms with Crippen molar-refractivity contribution in [3.05, 3.63) is 10.9 Å². The number of alkyl halides is 8. The first-order chi connectivity index (χ1) is 11.7. The smallest absolute Gasteiger partial charge is 0.166 e. The third-order valence-electron chi connectivity index (χ3n) is 7.64. The highest BCUT2D eigenvalue weighted by Gasteiger charge is 2.94. The average molecular weight is 437 g/mol. The summed E-state index contributed by atoms with van der Waals surface area (Å²) in [4.78, 5) is 0. The van der Waals surface area contributed by atoms with Gasteiger partial charge in [-0.1, -0.05) is 28.7 Å². The summed E-state index contributed by atoms with van der Waals surface area (Å²) in [6.45, 7) is 5.63. The van der Waals surface area contributed by atoms with E-state index in [0.29, 0.717) is 0 Å². The van der Waals surface area contributed by atoms with Gasteiger partial charge in [0.05, 0.1) is 16.1 Å². The molecule has 0 spiro atoms. The molecule has 5 fully saturated rings. The van der Waals surface area contributed by atoms with E-state index < -0.39 is 58.7 Å². The summed E-state index contributed by atoms with van der Waals surface area (Å²) in [6.07, 6.45) is -9.89. The molecule has 26 heavy (non-hydrogen) atoms. The predicted molar refractivity (Wildman–Crippen MR) is 88.8 cm³/mol.